The summed E-state index contributed by atoms with van der Waals surface area (Å²) in [5, 5.41) is 9.06. The van der Waals surface area contributed by atoms with E-state index in [-0.39, 0.29) is 35.5 Å². The number of carbonyl (C=O) groups excluding carboxylic acids is 3. The molecule has 5 aliphatic rings. The van der Waals surface area contributed by atoms with E-state index in [0.29, 0.717) is 34.5 Å². The van der Waals surface area contributed by atoms with Crippen molar-refractivity contribution in [3.63, 3.8) is 0 Å². The molecule has 2 bridgehead atoms. The van der Waals surface area contributed by atoms with Crippen LogP contribution in [0.15, 0.2) is 78.9 Å². The molecule has 39 heavy (non-hydrogen) atoms. The Morgan fingerprint density at radius 3 is 2.08 bits per heavy atom. The van der Waals surface area contributed by atoms with Crippen LogP contribution in [-0.4, -0.2) is 32.8 Å². The summed E-state index contributed by atoms with van der Waals surface area (Å²) in [7, 11) is 0. The molecule has 2 saturated carbocycles. The normalized spacial score (nSPS) is 28.1. The smallest absolute Gasteiger partial charge is 0.343 e. The van der Waals surface area contributed by atoms with Crippen molar-refractivity contribution in [2.75, 3.05) is 4.90 Å². The van der Waals surface area contributed by atoms with Gasteiger partial charge in [-0.15, -0.1) is 15.0 Å². The first-order chi connectivity index (χ1) is 19.0. The van der Waals surface area contributed by atoms with E-state index in [9.17, 15) is 14.4 Å². The van der Waals surface area contributed by atoms with E-state index in [2.05, 4.69) is 22.3 Å². The lowest BCUT2D eigenvalue weighted by Gasteiger charge is -2.37. The average Bonchev–Trinajstić information content (AvgIpc) is 3.60. The number of amides is 2. The lowest BCUT2D eigenvalue weighted by Crippen LogP contribution is -2.40. The maximum Gasteiger partial charge on any atom is 0.343 e. The highest BCUT2D eigenvalue weighted by Gasteiger charge is 2.67. The zero-order valence-corrected chi connectivity index (χ0v) is 21.1. The Morgan fingerprint density at radius 1 is 0.846 bits per heavy atom. The first-order valence-corrected chi connectivity index (χ1v) is 13.3. The topological polar surface area (TPSA) is 94.4 Å². The van der Waals surface area contributed by atoms with Crippen LogP contribution in [-0.2, 0) is 9.59 Å². The number of benzene rings is 3. The molecule has 1 saturated heterocycles. The van der Waals surface area contributed by atoms with Gasteiger partial charge in [0.15, 0.2) is 5.75 Å². The SMILES string of the molecule is Cc1ccc(OC(=O)c2ccc(N3C(=O)[C@@H]4[C@H]5C=C[C@@H]([C@@H]6C[C@H]56)[C@@H]4C3=O)cc2)c(-n2nc3ccccc3n2)c1. The van der Waals surface area contributed by atoms with Crippen LogP contribution in [0.25, 0.3) is 16.7 Å². The lowest BCUT2D eigenvalue weighted by molar-refractivity contribution is -0.124. The van der Waals surface area contributed by atoms with Crippen LogP contribution in [0.3, 0.4) is 0 Å². The first-order valence-electron chi connectivity index (χ1n) is 13.3. The van der Waals surface area contributed by atoms with E-state index < -0.39 is 5.97 Å². The van der Waals surface area contributed by atoms with Crippen molar-refractivity contribution in [1.29, 1.82) is 0 Å². The zero-order chi connectivity index (χ0) is 26.4. The summed E-state index contributed by atoms with van der Waals surface area (Å²) in [6, 6.07) is 19.5. The first kappa shape index (κ1) is 22.4. The summed E-state index contributed by atoms with van der Waals surface area (Å²) in [5.41, 5.74) is 3.79. The molecule has 8 heteroatoms. The summed E-state index contributed by atoms with van der Waals surface area (Å²) < 4.78 is 5.78. The number of aromatic nitrogens is 3. The zero-order valence-electron chi connectivity index (χ0n) is 21.1. The van der Waals surface area contributed by atoms with Crippen LogP contribution in [0.5, 0.6) is 5.75 Å². The lowest BCUT2D eigenvalue weighted by atomic mass is 9.63. The van der Waals surface area contributed by atoms with Crippen molar-refractivity contribution in [3.05, 3.63) is 90.0 Å². The summed E-state index contributed by atoms with van der Waals surface area (Å²) in [4.78, 5) is 42.7. The minimum absolute atomic E-state index is 0.117. The van der Waals surface area contributed by atoms with Gasteiger partial charge < -0.3 is 4.74 Å². The van der Waals surface area contributed by atoms with Gasteiger partial charge in [0, 0.05) is 0 Å². The minimum Gasteiger partial charge on any atom is -0.421 e. The summed E-state index contributed by atoms with van der Waals surface area (Å²) in [5.74, 6) is 0.472. The van der Waals surface area contributed by atoms with Gasteiger partial charge in [-0.05, 0) is 91.1 Å². The van der Waals surface area contributed by atoms with Crippen LogP contribution in [0.2, 0.25) is 0 Å². The highest BCUT2D eigenvalue weighted by Crippen LogP contribution is 2.65. The van der Waals surface area contributed by atoms with Crippen LogP contribution in [0.1, 0.15) is 22.3 Å². The molecule has 0 radical (unpaired) electrons. The number of imide groups is 1. The second-order valence-corrected chi connectivity index (χ2v) is 11.1. The third kappa shape index (κ3) is 3.27. The Hall–Kier alpha value is -4.59. The fraction of sp³-hybridized carbons (Fsp3) is 0.258. The quantitative estimate of drug-likeness (QED) is 0.172. The van der Waals surface area contributed by atoms with E-state index in [0.717, 1.165) is 23.0 Å². The van der Waals surface area contributed by atoms with Gasteiger partial charge in [-0.25, -0.2) is 4.79 Å². The highest BCUT2D eigenvalue weighted by molar-refractivity contribution is 6.22. The Bertz CT molecular complexity index is 1670. The van der Waals surface area contributed by atoms with Crippen molar-refractivity contribution >= 4 is 34.5 Å². The molecule has 0 unspecified atom stereocenters. The summed E-state index contributed by atoms with van der Waals surface area (Å²) in [6.07, 6.45) is 5.45. The third-order valence-electron chi connectivity index (χ3n) is 8.84. The maximum atomic E-state index is 13.4. The molecule has 4 aliphatic carbocycles. The monoisotopic (exact) mass is 516 g/mol. The molecular formula is C31H24N4O4. The number of aryl methyl sites for hydroxylation is 1. The van der Waals surface area contributed by atoms with E-state index in [1.165, 1.54) is 9.70 Å². The molecule has 1 aromatic heterocycles. The van der Waals surface area contributed by atoms with Gasteiger partial charge in [0.25, 0.3) is 0 Å². The third-order valence-corrected chi connectivity index (χ3v) is 8.84. The molecular weight excluding hydrogens is 492 g/mol. The number of fused-ring (bicyclic) bond motifs is 1. The molecule has 192 valence electrons. The van der Waals surface area contributed by atoms with E-state index >= 15 is 0 Å². The molecule has 3 aromatic carbocycles. The standard InChI is InChI=1S/C31H24N4O4/c1-16-6-13-26(25(14-16)35-32-23-4-2-3-5-24(23)33-35)39-31(38)17-7-9-18(10-8-17)34-29(36)27-19-11-12-20(22-15-21(19)22)28(27)30(34)37/h2-14,19-22,27-28H,15H2,1H3/t19-,20-,21-,22+,27-,28+/m0/s1. The predicted octanol–water partition coefficient (Wildman–Crippen LogP) is 4.51. The fourth-order valence-electron chi connectivity index (χ4n) is 6.95. The molecule has 4 aromatic rings. The van der Waals surface area contributed by atoms with Crippen LogP contribution in [0, 0.1) is 42.4 Å². The van der Waals surface area contributed by atoms with E-state index in [4.69, 9.17) is 4.74 Å². The van der Waals surface area contributed by atoms with Gasteiger partial charge in [-0.3, -0.25) is 14.5 Å². The number of ether oxygens (including phenoxy) is 1. The minimum atomic E-state index is -0.557. The number of hydrogen-bond donors (Lipinski definition) is 0. The highest BCUT2D eigenvalue weighted by atomic mass is 16.5. The van der Waals surface area contributed by atoms with Crippen molar-refractivity contribution < 1.29 is 19.1 Å². The fourth-order valence-corrected chi connectivity index (χ4v) is 6.95. The van der Waals surface area contributed by atoms with Gasteiger partial charge in [0.05, 0.1) is 23.1 Å². The molecule has 2 heterocycles. The Labute approximate surface area is 223 Å². The largest absolute Gasteiger partial charge is 0.421 e. The van der Waals surface area contributed by atoms with Crippen LogP contribution in [0.4, 0.5) is 5.69 Å². The number of rotatable bonds is 4. The molecule has 6 atom stereocenters. The van der Waals surface area contributed by atoms with Crippen LogP contribution < -0.4 is 9.64 Å². The second-order valence-electron chi connectivity index (χ2n) is 11.1. The number of allylic oxidation sites excluding steroid dienone is 2. The molecule has 1 aliphatic heterocycles. The average molecular weight is 517 g/mol. The number of anilines is 1. The van der Waals surface area contributed by atoms with E-state index in [1.54, 1.807) is 30.3 Å². The molecule has 3 fully saturated rings. The van der Waals surface area contributed by atoms with Crippen molar-refractivity contribution in [2.24, 2.45) is 35.5 Å². The Morgan fingerprint density at radius 2 is 1.46 bits per heavy atom. The predicted molar refractivity (Wildman–Crippen MR) is 142 cm³/mol. The van der Waals surface area contributed by atoms with Gasteiger partial charge >= 0.3 is 5.97 Å². The maximum absolute atomic E-state index is 13.4. The van der Waals surface area contributed by atoms with Gasteiger partial charge in [-0.2, -0.15) is 0 Å². The molecule has 9 rings (SSSR count). The summed E-state index contributed by atoms with van der Waals surface area (Å²) in [6.45, 7) is 1.94. The van der Waals surface area contributed by atoms with Crippen molar-refractivity contribution in [3.8, 4) is 11.4 Å². The van der Waals surface area contributed by atoms with Crippen molar-refractivity contribution in [2.45, 2.75) is 13.3 Å². The van der Waals surface area contributed by atoms with Gasteiger partial charge in [0.1, 0.15) is 16.7 Å². The number of nitrogens with zero attached hydrogens (tertiary/aromatic N) is 4. The van der Waals surface area contributed by atoms with Crippen LogP contribution >= 0.6 is 0 Å². The number of hydrogen-bond acceptors (Lipinski definition) is 6. The Balaban J connectivity index is 1.05. The molecule has 0 N–H and O–H groups in total. The number of esters is 1. The number of carbonyl (C=O) groups is 3. The summed E-state index contributed by atoms with van der Waals surface area (Å²) >= 11 is 0. The van der Waals surface area contributed by atoms with Gasteiger partial charge in [-0.1, -0.05) is 30.4 Å². The van der Waals surface area contributed by atoms with Gasteiger partial charge in [0.2, 0.25) is 11.8 Å². The van der Waals surface area contributed by atoms with E-state index in [1.807, 2.05) is 43.3 Å². The molecule has 2 amide bonds. The molecule has 0 spiro atoms. The van der Waals surface area contributed by atoms with Crippen molar-refractivity contribution in [1.82, 2.24) is 15.0 Å². The second kappa shape index (κ2) is 7.96. The Kier molecular flexibility index (Phi) is 4.57. The molecule has 8 nitrogen and oxygen atoms in total.